The van der Waals surface area contributed by atoms with Gasteiger partial charge in [-0.05, 0) is 69.3 Å². The lowest BCUT2D eigenvalue weighted by Crippen LogP contribution is -2.39. The van der Waals surface area contributed by atoms with Crippen molar-refractivity contribution in [3.63, 3.8) is 0 Å². The first-order valence-corrected chi connectivity index (χ1v) is 13.3. The Morgan fingerprint density at radius 2 is 1.67 bits per heavy atom. The van der Waals surface area contributed by atoms with Gasteiger partial charge in [0.1, 0.15) is 11.4 Å². The topological polar surface area (TPSA) is 41.6 Å². The third kappa shape index (κ3) is 5.65. The number of fused-ring (bicyclic) bond motifs is 1. The molecule has 0 bridgehead atoms. The molecule has 0 radical (unpaired) electrons. The largest absolute Gasteiger partial charge is 0.487 e. The van der Waals surface area contributed by atoms with Gasteiger partial charge >= 0.3 is 0 Å². The lowest BCUT2D eigenvalue weighted by Gasteiger charge is -2.32. The van der Waals surface area contributed by atoms with Crippen molar-refractivity contribution in [2.45, 2.75) is 58.1 Å². The van der Waals surface area contributed by atoms with Gasteiger partial charge in [-0.15, -0.1) is 0 Å². The Hall–Kier alpha value is -3.11. The van der Waals surface area contributed by atoms with Crippen LogP contribution in [0.5, 0.6) is 5.75 Å². The van der Waals surface area contributed by atoms with E-state index in [9.17, 15) is 4.79 Å². The summed E-state index contributed by atoms with van der Waals surface area (Å²) >= 11 is 0. The summed E-state index contributed by atoms with van der Waals surface area (Å²) in [5.74, 6) is 1.42. The van der Waals surface area contributed by atoms with Crippen molar-refractivity contribution in [3.05, 3.63) is 101 Å². The Bertz CT molecular complexity index is 1180. The highest BCUT2D eigenvalue weighted by atomic mass is 16.5. The molecule has 0 spiro atoms. The second kappa shape index (κ2) is 10.5. The number of carbonyl (C=O) groups excluding carboxylic acids is 1. The first kappa shape index (κ1) is 24.6. The maximum atomic E-state index is 13.4. The van der Waals surface area contributed by atoms with E-state index >= 15 is 0 Å². The van der Waals surface area contributed by atoms with Crippen LogP contribution in [0.25, 0.3) is 0 Å². The molecule has 2 aliphatic heterocycles. The minimum Gasteiger partial charge on any atom is -0.487 e. The van der Waals surface area contributed by atoms with Gasteiger partial charge in [0.25, 0.3) is 0 Å². The summed E-state index contributed by atoms with van der Waals surface area (Å²) < 4.78 is 6.28. The quantitative estimate of drug-likeness (QED) is 0.458. The highest BCUT2D eigenvalue weighted by Crippen LogP contribution is 2.38. The predicted molar refractivity (Wildman–Crippen MR) is 145 cm³/mol. The Labute approximate surface area is 215 Å². The van der Waals surface area contributed by atoms with Crippen molar-refractivity contribution in [2.24, 2.45) is 5.92 Å². The first-order valence-electron chi connectivity index (χ1n) is 13.3. The molecule has 3 aromatic carbocycles. The molecule has 4 nitrogen and oxygen atoms in total. The van der Waals surface area contributed by atoms with Gasteiger partial charge in [-0.3, -0.25) is 9.69 Å². The summed E-state index contributed by atoms with van der Waals surface area (Å²) in [5.41, 5.74) is 5.80. The molecule has 36 heavy (non-hydrogen) atoms. The molecule has 188 valence electrons. The number of piperidine rings is 1. The summed E-state index contributed by atoms with van der Waals surface area (Å²) in [4.78, 5) is 15.9. The van der Waals surface area contributed by atoms with E-state index < -0.39 is 0 Å². The molecule has 0 aromatic heterocycles. The standard InChI is InChI=1S/C32H38N2O2/c1-23-12-14-26(15-13-23)29(25-8-5-4-6-9-25)31(35)33-21-24-16-18-34(19-17-24)22-28-11-7-10-27-20-32(2,3)36-30(27)28/h4-15,24,29H,16-22H2,1-3H3,(H,33,35). The number of para-hydroxylation sites is 1. The summed E-state index contributed by atoms with van der Waals surface area (Å²) in [7, 11) is 0. The summed E-state index contributed by atoms with van der Waals surface area (Å²) in [6.45, 7) is 10.2. The summed E-state index contributed by atoms with van der Waals surface area (Å²) in [6.07, 6.45) is 3.18. The number of carbonyl (C=O) groups is 1. The minimum atomic E-state index is -0.281. The van der Waals surface area contributed by atoms with Gasteiger partial charge < -0.3 is 10.1 Å². The zero-order valence-corrected chi connectivity index (χ0v) is 21.8. The third-order valence-electron chi connectivity index (χ3n) is 7.64. The average Bonchev–Trinajstić information content (AvgIpc) is 3.20. The molecule has 4 heteroatoms. The summed E-state index contributed by atoms with van der Waals surface area (Å²) in [6, 6.07) is 25.0. The highest BCUT2D eigenvalue weighted by molar-refractivity contribution is 5.87. The molecule has 0 saturated carbocycles. The Balaban J connectivity index is 1.17. The number of ether oxygens (including phenoxy) is 1. The van der Waals surface area contributed by atoms with Gasteiger partial charge in [-0.25, -0.2) is 0 Å². The molecule has 2 heterocycles. The minimum absolute atomic E-state index is 0.0899. The number of hydrogen-bond acceptors (Lipinski definition) is 3. The van der Waals surface area contributed by atoms with Crippen LogP contribution in [0, 0.1) is 12.8 Å². The highest BCUT2D eigenvalue weighted by Gasteiger charge is 2.32. The number of hydrogen-bond donors (Lipinski definition) is 1. The van der Waals surface area contributed by atoms with Crippen LogP contribution in [0.15, 0.2) is 72.8 Å². The van der Waals surface area contributed by atoms with E-state index in [1.54, 1.807) is 0 Å². The molecule has 1 atom stereocenters. The molecule has 3 aromatic rings. The van der Waals surface area contributed by atoms with Crippen LogP contribution in [0.1, 0.15) is 60.4 Å². The molecular weight excluding hydrogens is 444 g/mol. The van der Waals surface area contributed by atoms with E-state index in [-0.39, 0.29) is 17.4 Å². The van der Waals surface area contributed by atoms with Crippen molar-refractivity contribution in [3.8, 4) is 5.75 Å². The van der Waals surface area contributed by atoms with Gasteiger partial charge in [-0.1, -0.05) is 78.4 Å². The molecule has 1 N–H and O–H groups in total. The van der Waals surface area contributed by atoms with E-state index in [1.165, 1.54) is 16.7 Å². The van der Waals surface area contributed by atoms with Crippen molar-refractivity contribution in [1.82, 2.24) is 10.2 Å². The van der Waals surface area contributed by atoms with Crippen LogP contribution in [-0.2, 0) is 17.8 Å². The molecular formula is C32H38N2O2. The summed E-state index contributed by atoms with van der Waals surface area (Å²) in [5, 5.41) is 3.29. The van der Waals surface area contributed by atoms with Crippen LogP contribution in [0.2, 0.25) is 0 Å². The van der Waals surface area contributed by atoms with Gasteiger partial charge in [0.2, 0.25) is 5.91 Å². The van der Waals surface area contributed by atoms with Crippen molar-refractivity contribution >= 4 is 5.91 Å². The van der Waals surface area contributed by atoms with E-state index in [2.05, 4.69) is 73.5 Å². The second-order valence-corrected chi connectivity index (χ2v) is 11.2. The fourth-order valence-corrected chi connectivity index (χ4v) is 5.64. The van der Waals surface area contributed by atoms with Gasteiger partial charge in [0, 0.05) is 25.1 Å². The van der Waals surface area contributed by atoms with Crippen LogP contribution < -0.4 is 10.1 Å². The number of nitrogens with zero attached hydrogens (tertiary/aromatic N) is 1. The number of amides is 1. The molecule has 1 amide bonds. The number of nitrogens with one attached hydrogen (secondary N) is 1. The SMILES string of the molecule is Cc1ccc(C(C(=O)NCC2CCN(Cc3cccc4c3OC(C)(C)C4)CC2)c2ccccc2)cc1. The number of aryl methyl sites for hydroxylation is 1. The fourth-order valence-electron chi connectivity index (χ4n) is 5.64. The molecule has 2 aliphatic rings. The normalized spacial score (nSPS) is 18.3. The Morgan fingerprint density at radius 1 is 0.972 bits per heavy atom. The van der Waals surface area contributed by atoms with Crippen LogP contribution >= 0.6 is 0 Å². The fraction of sp³-hybridized carbons (Fsp3) is 0.406. The molecule has 1 unspecified atom stereocenters. The van der Waals surface area contributed by atoms with Crippen LogP contribution in [0.4, 0.5) is 0 Å². The monoisotopic (exact) mass is 482 g/mol. The van der Waals surface area contributed by atoms with Gasteiger partial charge in [0.15, 0.2) is 0 Å². The molecule has 1 fully saturated rings. The zero-order valence-electron chi connectivity index (χ0n) is 21.8. The van der Waals surface area contributed by atoms with E-state index in [0.717, 1.165) is 62.3 Å². The maximum Gasteiger partial charge on any atom is 0.232 e. The Kier molecular flexibility index (Phi) is 7.15. The van der Waals surface area contributed by atoms with Crippen LogP contribution in [0.3, 0.4) is 0 Å². The Morgan fingerprint density at radius 3 is 2.39 bits per heavy atom. The number of likely N-dealkylation sites (tertiary alicyclic amines) is 1. The zero-order chi connectivity index (χ0) is 25.1. The molecule has 1 saturated heterocycles. The molecule has 0 aliphatic carbocycles. The van der Waals surface area contributed by atoms with Crippen molar-refractivity contribution in [2.75, 3.05) is 19.6 Å². The number of rotatable bonds is 7. The van der Waals surface area contributed by atoms with Crippen molar-refractivity contribution in [1.29, 1.82) is 0 Å². The van der Waals surface area contributed by atoms with Gasteiger partial charge in [0.05, 0.1) is 5.92 Å². The molecule has 5 rings (SSSR count). The smallest absolute Gasteiger partial charge is 0.232 e. The predicted octanol–water partition coefficient (Wildman–Crippen LogP) is 5.87. The second-order valence-electron chi connectivity index (χ2n) is 11.2. The maximum absolute atomic E-state index is 13.4. The van der Waals surface area contributed by atoms with E-state index in [0.29, 0.717) is 5.92 Å². The lowest BCUT2D eigenvalue weighted by atomic mass is 9.89. The first-order chi connectivity index (χ1) is 17.4. The van der Waals surface area contributed by atoms with Crippen molar-refractivity contribution < 1.29 is 9.53 Å². The van der Waals surface area contributed by atoms with E-state index in [4.69, 9.17) is 4.74 Å². The van der Waals surface area contributed by atoms with Crippen LogP contribution in [-0.4, -0.2) is 36.0 Å². The average molecular weight is 483 g/mol. The number of benzene rings is 3. The van der Waals surface area contributed by atoms with Gasteiger partial charge in [-0.2, -0.15) is 0 Å². The van der Waals surface area contributed by atoms with E-state index in [1.807, 2.05) is 30.3 Å². The third-order valence-corrected chi connectivity index (χ3v) is 7.64. The lowest BCUT2D eigenvalue weighted by molar-refractivity contribution is -0.122.